The molecule has 0 aromatic carbocycles. The van der Waals surface area contributed by atoms with Crippen molar-refractivity contribution in [2.24, 2.45) is 11.8 Å². The summed E-state index contributed by atoms with van der Waals surface area (Å²) in [5, 5.41) is 3.68. The van der Waals surface area contributed by atoms with Gasteiger partial charge in [0.05, 0.1) is 0 Å². The van der Waals surface area contributed by atoms with E-state index in [-0.39, 0.29) is 12.4 Å². The molecule has 3 aliphatic heterocycles. The third-order valence-corrected chi connectivity index (χ3v) is 6.35. The molecule has 2 bridgehead atoms. The van der Waals surface area contributed by atoms with E-state index in [1.165, 1.54) is 57.8 Å². The number of hydrogen-bond acceptors (Lipinski definition) is 2. The van der Waals surface area contributed by atoms with Gasteiger partial charge in [0.25, 0.3) is 0 Å². The number of rotatable bonds is 3. The van der Waals surface area contributed by atoms with Gasteiger partial charge in [0, 0.05) is 31.1 Å². The summed E-state index contributed by atoms with van der Waals surface area (Å²) in [4.78, 5) is 15.0. The van der Waals surface area contributed by atoms with Crippen LogP contribution in [-0.2, 0) is 4.79 Å². The monoisotopic (exact) mass is 312 g/mol. The largest absolute Gasteiger partial charge is 0.339 e. The lowest BCUT2D eigenvalue weighted by Crippen LogP contribution is -2.44. The Morgan fingerprint density at radius 3 is 2.33 bits per heavy atom. The molecule has 21 heavy (non-hydrogen) atoms. The minimum atomic E-state index is 0. The molecule has 3 atom stereocenters. The maximum Gasteiger partial charge on any atom is 0.223 e. The quantitative estimate of drug-likeness (QED) is 0.868. The number of halogens is 1. The molecule has 3 nitrogen and oxygen atoms in total. The minimum absolute atomic E-state index is 0. The maximum absolute atomic E-state index is 12.7. The summed E-state index contributed by atoms with van der Waals surface area (Å²) in [6, 6.07) is 2.04. The lowest BCUT2D eigenvalue weighted by molar-refractivity contribution is -0.134. The molecule has 4 heteroatoms. The standard InChI is InChI=1S/C17H28N2O.ClH/c20-17(11-12-9-14-6-7-15(10-12)18-14)19-8-2-5-16(19)13-3-1-4-13;/h12-16,18H,1-11H2;1H. The number of amides is 1. The second-order valence-electron chi connectivity index (χ2n) is 7.67. The number of nitrogens with one attached hydrogen (secondary N) is 1. The summed E-state index contributed by atoms with van der Waals surface area (Å²) in [7, 11) is 0. The van der Waals surface area contributed by atoms with Crippen LogP contribution in [0.4, 0.5) is 0 Å². The average Bonchev–Trinajstić information content (AvgIpc) is 2.95. The highest BCUT2D eigenvalue weighted by Gasteiger charge is 2.39. The van der Waals surface area contributed by atoms with Gasteiger partial charge < -0.3 is 10.2 Å². The van der Waals surface area contributed by atoms with E-state index in [9.17, 15) is 4.79 Å². The second kappa shape index (κ2) is 6.45. The van der Waals surface area contributed by atoms with Gasteiger partial charge in [0.2, 0.25) is 5.91 Å². The van der Waals surface area contributed by atoms with Crippen molar-refractivity contribution in [1.29, 1.82) is 0 Å². The van der Waals surface area contributed by atoms with Crippen LogP contribution in [0, 0.1) is 11.8 Å². The number of piperidine rings is 1. The first-order valence-corrected chi connectivity index (χ1v) is 8.85. The van der Waals surface area contributed by atoms with Crippen LogP contribution in [0.15, 0.2) is 0 Å². The molecular formula is C17H29ClN2O. The highest BCUT2D eigenvalue weighted by Crippen LogP contribution is 2.38. The molecule has 4 fully saturated rings. The summed E-state index contributed by atoms with van der Waals surface area (Å²) < 4.78 is 0. The summed E-state index contributed by atoms with van der Waals surface area (Å²) in [6.07, 6.45) is 12.6. The van der Waals surface area contributed by atoms with Gasteiger partial charge in [0.15, 0.2) is 0 Å². The van der Waals surface area contributed by atoms with Crippen molar-refractivity contribution >= 4 is 18.3 Å². The third-order valence-electron chi connectivity index (χ3n) is 6.35. The topological polar surface area (TPSA) is 32.3 Å². The molecule has 1 N–H and O–H groups in total. The van der Waals surface area contributed by atoms with Gasteiger partial charge >= 0.3 is 0 Å². The lowest BCUT2D eigenvalue weighted by Gasteiger charge is -2.38. The van der Waals surface area contributed by atoms with E-state index < -0.39 is 0 Å². The zero-order valence-corrected chi connectivity index (χ0v) is 13.7. The normalized spacial score (nSPS) is 39.0. The van der Waals surface area contributed by atoms with Crippen LogP contribution in [0.1, 0.15) is 64.2 Å². The molecule has 3 heterocycles. The predicted molar refractivity (Wildman–Crippen MR) is 86.6 cm³/mol. The average molecular weight is 313 g/mol. The van der Waals surface area contributed by atoms with Gasteiger partial charge in [-0.1, -0.05) is 6.42 Å². The van der Waals surface area contributed by atoms with Crippen LogP contribution in [0.2, 0.25) is 0 Å². The number of likely N-dealkylation sites (tertiary alicyclic amines) is 1. The van der Waals surface area contributed by atoms with Crippen LogP contribution in [0.25, 0.3) is 0 Å². The predicted octanol–water partition coefficient (Wildman–Crippen LogP) is 3.12. The fourth-order valence-electron chi connectivity index (χ4n) is 5.12. The van der Waals surface area contributed by atoms with Crippen LogP contribution >= 0.6 is 12.4 Å². The fourth-order valence-corrected chi connectivity index (χ4v) is 5.12. The van der Waals surface area contributed by atoms with Gasteiger partial charge in [-0.15, -0.1) is 12.4 Å². The Morgan fingerprint density at radius 1 is 1.00 bits per heavy atom. The van der Waals surface area contributed by atoms with E-state index in [1.807, 2.05) is 0 Å². The summed E-state index contributed by atoms with van der Waals surface area (Å²) >= 11 is 0. The molecule has 3 unspecified atom stereocenters. The highest BCUT2D eigenvalue weighted by atomic mass is 35.5. The van der Waals surface area contributed by atoms with Crippen LogP contribution in [0.3, 0.4) is 0 Å². The minimum Gasteiger partial charge on any atom is -0.339 e. The smallest absolute Gasteiger partial charge is 0.223 e. The molecule has 1 amide bonds. The molecule has 1 aliphatic carbocycles. The molecule has 1 saturated carbocycles. The zero-order chi connectivity index (χ0) is 13.5. The summed E-state index contributed by atoms with van der Waals surface area (Å²) in [5.41, 5.74) is 0. The summed E-state index contributed by atoms with van der Waals surface area (Å²) in [5.74, 6) is 1.97. The van der Waals surface area contributed by atoms with E-state index >= 15 is 0 Å². The second-order valence-corrected chi connectivity index (χ2v) is 7.67. The van der Waals surface area contributed by atoms with Crippen molar-refractivity contribution < 1.29 is 4.79 Å². The van der Waals surface area contributed by atoms with E-state index in [4.69, 9.17) is 0 Å². The first kappa shape index (κ1) is 15.6. The van der Waals surface area contributed by atoms with E-state index in [2.05, 4.69) is 10.2 Å². The van der Waals surface area contributed by atoms with Crippen molar-refractivity contribution in [3.63, 3.8) is 0 Å². The number of nitrogens with zero attached hydrogens (tertiary/aromatic N) is 1. The Hall–Kier alpha value is -0.280. The first-order valence-electron chi connectivity index (χ1n) is 8.85. The Morgan fingerprint density at radius 2 is 1.71 bits per heavy atom. The molecule has 0 spiro atoms. The van der Waals surface area contributed by atoms with Gasteiger partial charge in [0.1, 0.15) is 0 Å². The van der Waals surface area contributed by atoms with Crippen molar-refractivity contribution in [1.82, 2.24) is 10.2 Å². The molecular weight excluding hydrogens is 284 g/mol. The van der Waals surface area contributed by atoms with Gasteiger partial charge in [-0.25, -0.2) is 0 Å². The Kier molecular flexibility index (Phi) is 4.80. The van der Waals surface area contributed by atoms with Crippen LogP contribution in [-0.4, -0.2) is 35.5 Å². The van der Waals surface area contributed by atoms with Crippen molar-refractivity contribution in [2.75, 3.05) is 6.54 Å². The van der Waals surface area contributed by atoms with Gasteiger partial charge in [-0.3, -0.25) is 4.79 Å². The highest BCUT2D eigenvalue weighted by molar-refractivity contribution is 5.85. The molecule has 120 valence electrons. The molecule has 4 rings (SSSR count). The molecule has 0 radical (unpaired) electrons. The van der Waals surface area contributed by atoms with Crippen molar-refractivity contribution in [2.45, 2.75) is 82.3 Å². The van der Waals surface area contributed by atoms with E-state index in [0.717, 1.165) is 18.9 Å². The fraction of sp³-hybridized carbons (Fsp3) is 0.941. The van der Waals surface area contributed by atoms with Gasteiger partial charge in [-0.05, 0) is 63.2 Å². The molecule has 4 aliphatic rings. The van der Waals surface area contributed by atoms with Crippen molar-refractivity contribution in [3.8, 4) is 0 Å². The van der Waals surface area contributed by atoms with Gasteiger partial charge in [-0.2, -0.15) is 0 Å². The van der Waals surface area contributed by atoms with E-state index in [0.29, 0.717) is 30.0 Å². The number of hydrogen-bond donors (Lipinski definition) is 1. The first-order chi connectivity index (χ1) is 9.79. The Labute approximate surface area is 134 Å². The van der Waals surface area contributed by atoms with Crippen molar-refractivity contribution in [3.05, 3.63) is 0 Å². The summed E-state index contributed by atoms with van der Waals surface area (Å²) in [6.45, 7) is 1.04. The molecule has 0 aromatic rings. The molecule has 0 aromatic heterocycles. The third kappa shape index (κ3) is 3.10. The Balaban J connectivity index is 0.00000132. The van der Waals surface area contributed by atoms with Crippen LogP contribution in [0.5, 0.6) is 0 Å². The number of fused-ring (bicyclic) bond motifs is 2. The van der Waals surface area contributed by atoms with E-state index in [1.54, 1.807) is 0 Å². The Bertz CT molecular complexity index is 373. The number of carbonyl (C=O) groups is 1. The lowest BCUT2D eigenvalue weighted by atomic mass is 9.78. The maximum atomic E-state index is 12.7. The SMILES string of the molecule is Cl.O=C(CC1CC2CCC(C1)N2)N1CCCC1C1CCC1. The molecule has 3 saturated heterocycles. The number of carbonyl (C=O) groups excluding carboxylic acids is 1. The zero-order valence-electron chi connectivity index (χ0n) is 12.9. The van der Waals surface area contributed by atoms with Crippen LogP contribution < -0.4 is 5.32 Å².